The van der Waals surface area contributed by atoms with Gasteiger partial charge in [-0.2, -0.15) is 0 Å². The molecule has 1 aliphatic rings. The second-order valence-corrected chi connectivity index (χ2v) is 5.72. The Hall–Kier alpha value is -1.58. The number of amides is 2. The first kappa shape index (κ1) is 14.8. The van der Waals surface area contributed by atoms with Crippen molar-refractivity contribution in [2.45, 2.75) is 33.1 Å². The number of benzene rings is 1. The summed E-state index contributed by atoms with van der Waals surface area (Å²) in [7, 11) is 0. The molecule has 0 atom stereocenters. The van der Waals surface area contributed by atoms with Gasteiger partial charge in [0.25, 0.3) is 0 Å². The smallest absolute Gasteiger partial charge is 0.317 e. The first-order valence-corrected chi connectivity index (χ1v) is 7.34. The third-order valence-corrected chi connectivity index (χ3v) is 4.05. The Morgan fingerprint density at radius 1 is 1.40 bits per heavy atom. The van der Waals surface area contributed by atoms with Gasteiger partial charge in [0.2, 0.25) is 0 Å². The van der Waals surface area contributed by atoms with Gasteiger partial charge in [-0.1, -0.05) is 13.0 Å². The molecule has 1 aliphatic heterocycles. The highest BCUT2D eigenvalue weighted by Gasteiger charge is 2.19. The van der Waals surface area contributed by atoms with Gasteiger partial charge in [0.15, 0.2) is 0 Å². The maximum Gasteiger partial charge on any atom is 0.317 e. The quantitative estimate of drug-likeness (QED) is 0.905. The number of carbonyl (C=O) groups is 1. The molecule has 4 heteroatoms. The van der Waals surface area contributed by atoms with Crippen molar-refractivity contribution < 1.29 is 9.18 Å². The zero-order valence-electron chi connectivity index (χ0n) is 12.3. The molecule has 20 heavy (non-hydrogen) atoms. The highest BCUT2D eigenvalue weighted by molar-refractivity contribution is 5.74. The lowest BCUT2D eigenvalue weighted by molar-refractivity contribution is 0.174. The second-order valence-electron chi connectivity index (χ2n) is 5.72. The minimum Gasteiger partial charge on any atom is -0.338 e. The van der Waals surface area contributed by atoms with Crippen LogP contribution < -0.4 is 5.32 Å². The van der Waals surface area contributed by atoms with Crippen LogP contribution in [0, 0.1) is 18.7 Å². The maximum atomic E-state index is 13.0. The third-order valence-electron chi connectivity index (χ3n) is 4.05. The van der Waals surface area contributed by atoms with E-state index in [1.807, 2.05) is 11.8 Å². The number of nitrogens with zero attached hydrogens (tertiary/aromatic N) is 1. The van der Waals surface area contributed by atoms with Crippen molar-refractivity contribution in [1.82, 2.24) is 10.2 Å². The summed E-state index contributed by atoms with van der Waals surface area (Å²) in [5.41, 5.74) is 2.02. The topological polar surface area (TPSA) is 32.3 Å². The Morgan fingerprint density at radius 3 is 2.75 bits per heavy atom. The molecule has 0 bridgehead atoms. The molecule has 0 saturated carbocycles. The number of hydrogen-bond donors (Lipinski definition) is 1. The van der Waals surface area contributed by atoms with Crippen LogP contribution in [0.4, 0.5) is 9.18 Å². The predicted molar refractivity (Wildman–Crippen MR) is 78.2 cm³/mol. The van der Waals surface area contributed by atoms with Crippen molar-refractivity contribution >= 4 is 6.03 Å². The first-order chi connectivity index (χ1) is 9.56. The number of aryl methyl sites for hydroxylation is 1. The predicted octanol–water partition coefficient (Wildman–Crippen LogP) is 3.12. The molecule has 3 nitrogen and oxygen atoms in total. The number of piperidine rings is 1. The molecule has 0 aromatic heterocycles. The van der Waals surface area contributed by atoms with Crippen LogP contribution in [0.2, 0.25) is 0 Å². The summed E-state index contributed by atoms with van der Waals surface area (Å²) >= 11 is 0. The van der Waals surface area contributed by atoms with E-state index in [0.29, 0.717) is 6.54 Å². The highest BCUT2D eigenvalue weighted by Crippen LogP contribution is 2.15. The van der Waals surface area contributed by atoms with Crippen molar-refractivity contribution in [2.75, 3.05) is 19.6 Å². The van der Waals surface area contributed by atoms with Crippen LogP contribution in [0.25, 0.3) is 0 Å². The van der Waals surface area contributed by atoms with Crippen LogP contribution in [0.15, 0.2) is 18.2 Å². The van der Waals surface area contributed by atoms with Gasteiger partial charge >= 0.3 is 6.03 Å². The third kappa shape index (κ3) is 3.95. The van der Waals surface area contributed by atoms with Gasteiger partial charge < -0.3 is 10.2 Å². The first-order valence-electron chi connectivity index (χ1n) is 7.34. The normalized spacial score (nSPS) is 16.2. The number of urea groups is 1. The minimum atomic E-state index is -0.210. The van der Waals surface area contributed by atoms with Gasteiger partial charge in [-0.3, -0.25) is 0 Å². The van der Waals surface area contributed by atoms with Gasteiger partial charge in [-0.25, -0.2) is 9.18 Å². The number of nitrogens with one attached hydrogen (secondary N) is 1. The average Bonchev–Trinajstić information content (AvgIpc) is 2.42. The van der Waals surface area contributed by atoms with E-state index in [0.717, 1.165) is 49.4 Å². The Morgan fingerprint density at radius 2 is 2.10 bits per heavy atom. The Balaban J connectivity index is 1.76. The molecule has 1 fully saturated rings. The number of carbonyl (C=O) groups excluding carboxylic acids is 1. The molecule has 1 aromatic rings. The van der Waals surface area contributed by atoms with Crippen molar-refractivity contribution in [3.8, 4) is 0 Å². The van der Waals surface area contributed by atoms with Crippen LogP contribution in [0.1, 0.15) is 30.9 Å². The Bertz CT molecular complexity index is 468. The monoisotopic (exact) mass is 278 g/mol. The van der Waals surface area contributed by atoms with E-state index in [1.54, 1.807) is 6.07 Å². The Labute approximate surface area is 120 Å². The largest absolute Gasteiger partial charge is 0.338 e. The number of likely N-dealkylation sites (tertiary alicyclic amines) is 1. The summed E-state index contributed by atoms with van der Waals surface area (Å²) in [6.45, 7) is 6.42. The van der Waals surface area contributed by atoms with Crippen LogP contribution in [-0.2, 0) is 6.42 Å². The zero-order chi connectivity index (χ0) is 14.5. The highest BCUT2D eigenvalue weighted by atomic mass is 19.1. The number of rotatable bonds is 3. The molecule has 2 amide bonds. The van der Waals surface area contributed by atoms with Crippen LogP contribution >= 0.6 is 0 Å². The van der Waals surface area contributed by atoms with Crippen LogP contribution in [-0.4, -0.2) is 30.6 Å². The van der Waals surface area contributed by atoms with Crippen molar-refractivity contribution in [3.63, 3.8) is 0 Å². The van der Waals surface area contributed by atoms with Crippen molar-refractivity contribution in [1.29, 1.82) is 0 Å². The zero-order valence-corrected chi connectivity index (χ0v) is 12.3. The molecule has 0 unspecified atom stereocenters. The molecular formula is C16H23FN2O. The van der Waals surface area contributed by atoms with Gasteiger partial charge in [0.05, 0.1) is 0 Å². The summed E-state index contributed by atoms with van der Waals surface area (Å²) in [6.07, 6.45) is 2.91. The van der Waals surface area contributed by atoms with E-state index in [2.05, 4.69) is 12.2 Å². The fourth-order valence-corrected chi connectivity index (χ4v) is 2.57. The lowest BCUT2D eigenvalue weighted by atomic mass is 10.00. The lowest BCUT2D eigenvalue weighted by Crippen LogP contribution is -2.44. The Kier molecular flexibility index (Phi) is 4.99. The van der Waals surface area contributed by atoms with E-state index < -0.39 is 0 Å². The molecule has 110 valence electrons. The molecule has 0 radical (unpaired) electrons. The SMILES string of the molecule is Cc1cc(F)ccc1CCNC(=O)N1CCC(C)CC1. The second kappa shape index (κ2) is 6.73. The molecule has 1 aromatic carbocycles. The number of halogens is 1. The van der Waals surface area contributed by atoms with Gasteiger partial charge in [0, 0.05) is 19.6 Å². The fraction of sp³-hybridized carbons (Fsp3) is 0.562. The van der Waals surface area contributed by atoms with Gasteiger partial charge in [-0.15, -0.1) is 0 Å². The summed E-state index contributed by atoms with van der Waals surface area (Å²) < 4.78 is 13.0. The van der Waals surface area contributed by atoms with E-state index in [1.165, 1.54) is 12.1 Å². The maximum absolute atomic E-state index is 13.0. The molecule has 2 rings (SSSR count). The van der Waals surface area contributed by atoms with E-state index in [-0.39, 0.29) is 11.8 Å². The van der Waals surface area contributed by atoms with E-state index >= 15 is 0 Å². The van der Waals surface area contributed by atoms with Crippen LogP contribution in [0.3, 0.4) is 0 Å². The van der Waals surface area contributed by atoms with Crippen molar-refractivity contribution in [3.05, 3.63) is 35.1 Å². The van der Waals surface area contributed by atoms with Crippen LogP contribution in [0.5, 0.6) is 0 Å². The standard InChI is InChI=1S/C16H23FN2O/c1-12-6-9-19(10-7-12)16(20)18-8-5-14-3-4-15(17)11-13(14)2/h3-4,11-12H,5-10H2,1-2H3,(H,18,20). The van der Waals surface area contributed by atoms with E-state index in [9.17, 15) is 9.18 Å². The molecule has 0 aliphatic carbocycles. The molecule has 1 N–H and O–H groups in total. The van der Waals surface area contributed by atoms with Crippen molar-refractivity contribution in [2.24, 2.45) is 5.92 Å². The molecule has 1 saturated heterocycles. The summed E-state index contributed by atoms with van der Waals surface area (Å²) in [5, 5.41) is 2.95. The molecular weight excluding hydrogens is 255 g/mol. The summed E-state index contributed by atoms with van der Waals surface area (Å²) in [4.78, 5) is 13.9. The lowest BCUT2D eigenvalue weighted by Gasteiger charge is -2.30. The minimum absolute atomic E-state index is 0.0247. The summed E-state index contributed by atoms with van der Waals surface area (Å²) in [6, 6.07) is 4.82. The van der Waals surface area contributed by atoms with Gasteiger partial charge in [-0.05, 0) is 55.4 Å². The molecule has 1 heterocycles. The fourth-order valence-electron chi connectivity index (χ4n) is 2.57. The van der Waals surface area contributed by atoms with E-state index in [4.69, 9.17) is 0 Å². The average molecular weight is 278 g/mol. The van der Waals surface area contributed by atoms with Gasteiger partial charge in [0.1, 0.15) is 5.82 Å². The number of hydrogen-bond acceptors (Lipinski definition) is 1. The molecule has 0 spiro atoms. The summed E-state index contributed by atoms with van der Waals surface area (Å²) in [5.74, 6) is 0.513.